The van der Waals surface area contributed by atoms with Gasteiger partial charge in [0.1, 0.15) is 0 Å². The molecular formula is C20H18ClN5O3S. The Morgan fingerprint density at radius 3 is 2.77 bits per heavy atom. The van der Waals surface area contributed by atoms with E-state index in [-0.39, 0.29) is 12.3 Å². The number of amides is 1. The Morgan fingerprint density at radius 2 is 1.97 bits per heavy atom. The maximum Gasteiger partial charge on any atom is 0.259 e. The van der Waals surface area contributed by atoms with Gasteiger partial charge in [0.2, 0.25) is 17.6 Å². The first-order chi connectivity index (χ1) is 14.6. The molecule has 10 heteroatoms. The van der Waals surface area contributed by atoms with E-state index in [9.17, 15) is 4.79 Å². The van der Waals surface area contributed by atoms with Crippen LogP contribution in [0.25, 0.3) is 22.2 Å². The molecule has 0 aliphatic heterocycles. The van der Waals surface area contributed by atoms with E-state index in [0.29, 0.717) is 53.4 Å². The molecule has 0 unspecified atom stereocenters. The first kappa shape index (κ1) is 20.2. The monoisotopic (exact) mass is 443 g/mol. The van der Waals surface area contributed by atoms with Crippen LogP contribution in [0.4, 0.5) is 0 Å². The van der Waals surface area contributed by atoms with Crippen molar-refractivity contribution in [2.75, 3.05) is 13.6 Å². The molecule has 1 aromatic carbocycles. The SMILES string of the molecule is CN(CCc1noc(-c2ccccc2Cl)n1)C(=O)CCc1nc(-c2cccs2)no1. The molecule has 0 fully saturated rings. The Balaban J connectivity index is 1.27. The molecule has 0 bridgehead atoms. The molecule has 0 aliphatic carbocycles. The average molecular weight is 444 g/mol. The third kappa shape index (κ3) is 4.74. The van der Waals surface area contributed by atoms with Crippen LogP contribution in [-0.4, -0.2) is 44.7 Å². The molecule has 4 aromatic rings. The third-order valence-corrected chi connectivity index (χ3v) is 5.63. The summed E-state index contributed by atoms with van der Waals surface area (Å²) in [4.78, 5) is 23.7. The van der Waals surface area contributed by atoms with Crippen LogP contribution in [0.2, 0.25) is 5.02 Å². The van der Waals surface area contributed by atoms with Crippen molar-refractivity contribution in [1.29, 1.82) is 0 Å². The number of aryl methyl sites for hydroxylation is 1. The summed E-state index contributed by atoms with van der Waals surface area (Å²) in [6, 6.07) is 11.1. The second kappa shape index (κ2) is 9.19. The standard InChI is InChI=1S/C20H18ClN5O3S/c1-26(11-10-16-22-20(29-24-16)13-5-2-3-6-14(13)21)18(27)9-8-17-23-19(25-28-17)15-7-4-12-30-15/h2-7,12H,8-11H2,1H3. The number of thiophene rings is 1. The minimum absolute atomic E-state index is 0.0271. The summed E-state index contributed by atoms with van der Waals surface area (Å²) in [5.74, 6) is 1.85. The zero-order valence-corrected chi connectivity index (χ0v) is 17.7. The van der Waals surface area contributed by atoms with Crippen LogP contribution >= 0.6 is 22.9 Å². The minimum Gasteiger partial charge on any atom is -0.345 e. The van der Waals surface area contributed by atoms with Gasteiger partial charge in [-0.15, -0.1) is 11.3 Å². The van der Waals surface area contributed by atoms with Crippen LogP contribution in [0.3, 0.4) is 0 Å². The number of rotatable bonds is 8. The normalized spacial score (nSPS) is 11.0. The fraction of sp³-hybridized carbons (Fsp3) is 0.250. The van der Waals surface area contributed by atoms with Crippen molar-refractivity contribution in [3.05, 3.63) is 58.5 Å². The minimum atomic E-state index is -0.0271. The summed E-state index contributed by atoms with van der Waals surface area (Å²) in [7, 11) is 1.74. The number of benzene rings is 1. The zero-order chi connectivity index (χ0) is 20.9. The molecule has 0 radical (unpaired) electrons. The van der Waals surface area contributed by atoms with Gasteiger partial charge in [-0.25, -0.2) is 0 Å². The van der Waals surface area contributed by atoms with E-state index < -0.39 is 0 Å². The maximum atomic E-state index is 12.4. The summed E-state index contributed by atoms with van der Waals surface area (Å²) in [5.41, 5.74) is 0.684. The lowest BCUT2D eigenvalue weighted by molar-refractivity contribution is -0.129. The lowest BCUT2D eigenvalue weighted by atomic mass is 10.2. The third-order valence-electron chi connectivity index (χ3n) is 4.43. The molecule has 1 amide bonds. The van der Waals surface area contributed by atoms with Crippen LogP contribution < -0.4 is 0 Å². The van der Waals surface area contributed by atoms with E-state index in [1.807, 2.05) is 35.7 Å². The van der Waals surface area contributed by atoms with E-state index in [1.165, 1.54) is 11.3 Å². The largest absolute Gasteiger partial charge is 0.345 e. The van der Waals surface area contributed by atoms with E-state index in [4.69, 9.17) is 20.6 Å². The lowest BCUT2D eigenvalue weighted by Gasteiger charge is -2.15. The number of nitrogens with zero attached hydrogens (tertiary/aromatic N) is 5. The van der Waals surface area contributed by atoms with Crippen molar-refractivity contribution in [1.82, 2.24) is 25.2 Å². The second-order valence-corrected chi connectivity index (χ2v) is 7.90. The summed E-state index contributed by atoms with van der Waals surface area (Å²) in [6.45, 7) is 0.463. The number of hydrogen-bond acceptors (Lipinski definition) is 8. The fourth-order valence-electron chi connectivity index (χ4n) is 2.76. The molecule has 3 aromatic heterocycles. The van der Waals surface area contributed by atoms with Crippen molar-refractivity contribution in [3.8, 4) is 22.2 Å². The van der Waals surface area contributed by atoms with Crippen molar-refractivity contribution in [2.24, 2.45) is 0 Å². The molecule has 4 rings (SSSR count). The van der Waals surface area contributed by atoms with Crippen molar-refractivity contribution < 1.29 is 13.8 Å². The van der Waals surface area contributed by atoms with E-state index >= 15 is 0 Å². The van der Waals surface area contributed by atoms with Gasteiger partial charge < -0.3 is 13.9 Å². The quantitative estimate of drug-likeness (QED) is 0.403. The molecule has 3 heterocycles. The molecular weight excluding hydrogens is 426 g/mol. The predicted octanol–water partition coefficient (Wildman–Crippen LogP) is 4.14. The molecule has 0 N–H and O–H groups in total. The highest BCUT2D eigenvalue weighted by atomic mass is 35.5. The van der Waals surface area contributed by atoms with Gasteiger partial charge in [-0.1, -0.05) is 40.1 Å². The highest BCUT2D eigenvalue weighted by molar-refractivity contribution is 7.13. The van der Waals surface area contributed by atoms with Gasteiger partial charge in [-0.2, -0.15) is 9.97 Å². The molecule has 154 valence electrons. The highest BCUT2D eigenvalue weighted by Crippen LogP contribution is 2.26. The van der Waals surface area contributed by atoms with Gasteiger partial charge in [0.15, 0.2) is 5.82 Å². The second-order valence-electron chi connectivity index (χ2n) is 6.55. The van der Waals surface area contributed by atoms with Crippen molar-refractivity contribution in [3.63, 3.8) is 0 Å². The van der Waals surface area contributed by atoms with E-state index in [0.717, 1.165) is 4.88 Å². The van der Waals surface area contributed by atoms with Gasteiger partial charge in [0.05, 0.1) is 15.5 Å². The number of halogens is 1. The van der Waals surface area contributed by atoms with E-state index in [2.05, 4.69) is 20.3 Å². The maximum absolute atomic E-state index is 12.4. The van der Waals surface area contributed by atoms with Crippen LogP contribution in [0.15, 0.2) is 50.8 Å². The van der Waals surface area contributed by atoms with E-state index in [1.54, 1.807) is 18.0 Å². The number of carbonyl (C=O) groups is 1. The van der Waals surface area contributed by atoms with Crippen LogP contribution in [0.1, 0.15) is 18.1 Å². The van der Waals surface area contributed by atoms with Crippen molar-refractivity contribution >= 4 is 28.8 Å². The lowest BCUT2D eigenvalue weighted by Crippen LogP contribution is -2.29. The Morgan fingerprint density at radius 1 is 1.10 bits per heavy atom. The van der Waals surface area contributed by atoms with Gasteiger partial charge in [0.25, 0.3) is 5.89 Å². The fourth-order valence-corrected chi connectivity index (χ4v) is 3.62. The molecule has 0 spiro atoms. The Kier molecular flexibility index (Phi) is 6.20. The van der Waals surface area contributed by atoms with Gasteiger partial charge in [-0.05, 0) is 23.6 Å². The summed E-state index contributed by atoms with van der Waals surface area (Å²) in [5, 5.41) is 10.4. The molecule has 0 saturated carbocycles. The Labute approximate surface area is 181 Å². The van der Waals surface area contributed by atoms with Crippen molar-refractivity contribution in [2.45, 2.75) is 19.3 Å². The average Bonchev–Trinajstić information content (AvgIpc) is 3.52. The number of aromatic nitrogens is 4. The van der Waals surface area contributed by atoms with Gasteiger partial charge in [-0.3, -0.25) is 4.79 Å². The highest BCUT2D eigenvalue weighted by Gasteiger charge is 2.16. The Hall–Kier alpha value is -3.04. The predicted molar refractivity (Wildman–Crippen MR) is 112 cm³/mol. The van der Waals surface area contributed by atoms with Crippen LogP contribution in [0.5, 0.6) is 0 Å². The van der Waals surface area contributed by atoms with Gasteiger partial charge >= 0.3 is 0 Å². The first-order valence-corrected chi connectivity index (χ1v) is 10.5. The topological polar surface area (TPSA) is 98.2 Å². The molecule has 30 heavy (non-hydrogen) atoms. The Bertz CT molecular complexity index is 1130. The summed E-state index contributed by atoms with van der Waals surface area (Å²) < 4.78 is 10.5. The van der Waals surface area contributed by atoms with Gasteiger partial charge in [0, 0.05) is 32.9 Å². The smallest absolute Gasteiger partial charge is 0.259 e. The summed E-state index contributed by atoms with van der Waals surface area (Å²) >= 11 is 7.69. The molecule has 0 atom stereocenters. The summed E-state index contributed by atoms with van der Waals surface area (Å²) in [6.07, 6.45) is 1.14. The zero-order valence-electron chi connectivity index (χ0n) is 16.1. The molecule has 0 aliphatic rings. The molecule has 0 saturated heterocycles. The van der Waals surface area contributed by atoms with Crippen LogP contribution in [0, 0.1) is 0 Å². The van der Waals surface area contributed by atoms with Crippen LogP contribution in [-0.2, 0) is 17.6 Å². The first-order valence-electron chi connectivity index (χ1n) is 9.28. The number of likely N-dealkylation sites (N-methyl/N-ethyl adjacent to an activating group) is 1. The molecule has 8 nitrogen and oxygen atoms in total. The number of carbonyl (C=O) groups excluding carboxylic acids is 1. The number of hydrogen-bond donors (Lipinski definition) is 0.